The maximum absolute atomic E-state index is 5.74. The van der Waals surface area contributed by atoms with Crippen LogP contribution < -0.4 is 10.6 Å². The normalized spacial score (nSPS) is 15.4. The Hall–Kier alpha value is -0.540. The highest BCUT2D eigenvalue weighted by Gasteiger charge is 2.23. The molecule has 0 unspecified atom stereocenters. The van der Waals surface area contributed by atoms with Gasteiger partial charge in [-0.1, -0.05) is 22.0 Å². The highest BCUT2D eigenvalue weighted by Crippen LogP contribution is 2.32. The summed E-state index contributed by atoms with van der Waals surface area (Å²) in [5.74, 6) is 0.902. The minimum Gasteiger partial charge on any atom is -0.374 e. The summed E-state index contributed by atoms with van der Waals surface area (Å²) in [5.41, 5.74) is 8.23. The first-order valence-corrected chi connectivity index (χ1v) is 6.19. The Balaban J connectivity index is 2.18. The zero-order valence-corrected chi connectivity index (χ0v) is 10.6. The molecule has 2 rings (SSSR count). The van der Waals surface area contributed by atoms with Crippen LogP contribution in [-0.2, 0) is 6.54 Å². The molecule has 0 bridgehead atoms. The molecule has 3 heteroatoms. The first-order valence-electron chi connectivity index (χ1n) is 5.40. The second-order valence-corrected chi connectivity index (χ2v) is 5.22. The Labute approximate surface area is 99.6 Å². The van der Waals surface area contributed by atoms with E-state index in [1.807, 2.05) is 0 Å². The summed E-state index contributed by atoms with van der Waals surface area (Å²) < 4.78 is 1.12. The van der Waals surface area contributed by atoms with E-state index in [1.54, 1.807) is 0 Å². The summed E-state index contributed by atoms with van der Waals surface area (Å²) in [6, 6.07) is 6.31. The quantitative estimate of drug-likeness (QED) is 0.910. The van der Waals surface area contributed by atoms with E-state index in [1.165, 1.54) is 24.1 Å². The molecule has 0 saturated heterocycles. The lowest BCUT2D eigenvalue weighted by atomic mass is 10.1. The number of rotatable bonds is 4. The van der Waals surface area contributed by atoms with Crippen LogP contribution in [0.4, 0.5) is 5.69 Å². The predicted octanol–water partition coefficient (Wildman–Crippen LogP) is 2.75. The lowest BCUT2D eigenvalue weighted by Crippen LogP contribution is -2.22. The monoisotopic (exact) mass is 268 g/mol. The summed E-state index contributed by atoms with van der Waals surface area (Å²) in [6.45, 7) is 1.76. The minimum atomic E-state index is 0.609. The van der Waals surface area contributed by atoms with Crippen LogP contribution in [0.2, 0.25) is 0 Å². The van der Waals surface area contributed by atoms with Crippen LogP contribution in [0.1, 0.15) is 18.4 Å². The predicted molar refractivity (Wildman–Crippen MR) is 68.0 cm³/mol. The molecule has 0 spiro atoms. The van der Waals surface area contributed by atoms with Gasteiger partial charge in [0.15, 0.2) is 0 Å². The van der Waals surface area contributed by atoms with Crippen molar-refractivity contribution < 1.29 is 0 Å². The molecule has 2 nitrogen and oxygen atoms in total. The van der Waals surface area contributed by atoms with Crippen molar-refractivity contribution in [1.29, 1.82) is 0 Å². The molecule has 15 heavy (non-hydrogen) atoms. The van der Waals surface area contributed by atoms with Crippen molar-refractivity contribution in [3.8, 4) is 0 Å². The van der Waals surface area contributed by atoms with Gasteiger partial charge in [0.05, 0.1) is 0 Å². The van der Waals surface area contributed by atoms with E-state index in [0.29, 0.717) is 6.54 Å². The van der Waals surface area contributed by atoms with Gasteiger partial charge in [0.25, 0.3) is 0 Å². The minimum absolute atomic E-state index is 0.609. The highest BCUT2D eigenvalue weighted by atomic mass is 79.9. The molecule has 0 atom stereocenters. The summed E-state index contributed by atoms with van der Waals surface area (Å²) in [4.78, 5) is 2.32. The van der Waals surface area contributed by atoms with Crippen LogP contribution in [-0.4, -0.2) is 13.6 Å². The molecular formula is C12H17BrN2. The lowest BCUT2D eigenvalue weighted by molar-refractivity contribution is 0.782. The first kappa shape index (κ1) is 11.0. The fraction of sp³-hybridized carbons (Fsp3) is 0.500. The Morgan fingerprint density at radius 2 is 2.20 bits per heavy atom. The third-order valence-electron chi connectivity index (χ3n) is 2.91. The summed E-state index contributed by atoms with van der Waals surface area (Å²) in [5, 5.41) is 0. The second-order valence-electron chi connectivity index (χ2n) is 4.30. The number of nitrogens with zero attached hydrogens (tertiary/aromatic N) is 1. The summed E-state index contributed by atoms with van der Waals surface area (Å²) in [6.07, 6.45) is 2.77. The second kappa shape index (κ2) is 4.54. The average molecular weight is 269 g/mol. The molecule has 1 fully saturated rings. The Morgan fingerprint density at radius 1 is 1.47 bits per heavy atom. The van der Waals surface area contributed by atoms with Crippen molar-refractivity contribution >= 4 is 21.6 Å². The number of anilines is 1. The van der Waals surface area contributed by atoms with Crippen LogP contribution in [0.15, 0.2) is 22.7 Å². The number of hydrogen-bond donors (Lipinski definition) is 1. The molecule has 1 aliphatic rings. The molecule has 0 heterocycles. The fourth-order valence-corrected chi connectivity index (χ4v) is 2.20. The van der Waals surface area contributed by atoms with Gasteiger partial charge in [-0.3, -0.25) is 0 Å². The summed E-state index contributed by atoms with van der Waals surface area (Å²) >= 11 is 3.51. The van der Waals surface area contributed by atoms with Gasteiger partial charge in [-0.2, -0.15) is 0 Å². The van der Waals surface area contributed by atoms with Crippen molar-refractivity contribution in [3.63, 3.8) is 0 Å². The van der Waals surface area contributed by atoms with Crippen molar-refractivity contribution in [3.05, 3.63) is 28.2 Å². The van der Waals surface area contributed by atoms with Crippen LogP contribution in [0.25, 0.3) is 0 Å². The van der Waals surface area contributed by atoms with Gasteiger partial charge in [0.1, 0.15) is 0 Å². The van der Waals surface area contributed by atoms with Gasteiger partial charge in [0.2, 0.25) is 0 Å². The molecule has 1 aliphatic carbocycles. The molecule has 1 aromatic carbocycles. The van der Waals surface area contributed by atoms with Gasteiger partial charge in [-0.05, 0) is 36.5 Å². The highest BCUT2D eigenvalue weighted by molar-refractivity contribution is 9.10. The molecule has 1 saturated carbocycles. The topological polar surface area (TPSA) is 29.3 Å². The van der Waals surface area contributed by atoms with Crippen LogP contribution >= 0.6 is 15.9 Å². The molecule has 0 aromatic heterocycles. The average Bonchev–Trinajstić information content (AvgIpc) is 3.01. The molecular weight excluding hydrogens is 252 g/mol. The molecule has 0 aliphatic heterocycles. The van der Waals surface area contributed by atoms with Crippen molar-refractivity contribution in [2.75, 3.05) is 18.5 Å². The van der Waals surface area contributed by atoms with Crippen LogP contribution in [0.3, 0.4) is 0 Å². The first-order chi connectivity index (χ1) is 7.20. The Kier molecular flexibility index (Phi) is 3.32. The molecule has 1 aromatic rings. The van der Waals surface area contributed by atoms with Gasteiger partial charge in [-0.25, -0.2) is 0 Å². The number of benzene rings is 1. The van der Waals surface area contributed by atoms with E-state index >= 15 is 0 Å². The third-order valence-corrected chi connectivity index (χ3v) is 3.40. The van der Waals surface area contributed by atoms with E-state index in [-0.39, 0.29) is 0 Å². The number of hydrogen-bond acceptors (Lipinski definition) is 2. The largest absolute Gasteiger partial charge is 0.374 e. The summed E-state index contributed by atoms with van der Waals surface area (Å²) in [7, 11) is 2.15. The van der Waals surface area contributed by atoms with Crippen molar-refractivity contribution in [1.82, 2.24) is 0 Å². The third kappa shape index (κ3) is 2.73. The van der Waals surface area contributed by atoms with Crippen molar-refractivity contribution in [2.24, 2.45) is 11.7 Å². The maximum Gasteiger partial charge on any atom is 0.0420 e. The smallest absolute Gasteiger partial charge is 0.0420 e. The zero-order valence-electron chi connectivity index (χ0n) is 9.04. The zero-order chi connectivity index (χ0) is 10.8. The maximum atomic E-state index is 5.74. The number of halogens is 1. The van der Waals surface area contributed by atoms with Gasteiger partial charge < -0.3 is 10.6 Å². The van der Waals surface area contributed by atoms with Crippen molar-refractivity contribution in [2.45, 2.75) is 19.4 Å². The molecule has 2 N–H and O–H groups in total. The fourth-order valence-electron chi connectivity index (χ4n) is 1.85. The van der Waals surface area contributed by atoms with E-state index < -0.39 is 0 Å². The van der Waals surface area contributed by atoms with Gasteiger partial charge in [0, 0.05) is 30.3 Å². The molecule has 0 radical (unpaired) electrons. The molecule has 82 valence electrons. The Bertz CT molecular complexity index is 347. The lowest BCUT2D eigenvalue weighted by Gasteiger charge is -2.22. The SMILES string of the molecule is CN(CC1CC1)c1cc(Br)ccc1CN. The standard InChI is InChI=1S/C12H17BrN2/c1-15(8-9-2-3-9)12-6-11(13)5-4-10(12)7-14/h4-6,9H,2-3,7-8,14H2,1H3. The van der Waals surface area contributed by atoms with Crippen LogP contribution in [0.5, 0.6) is 0 Å². The van der Waals surface area contributed by atoms with Crippen LogP contribution in [0, 0.1) is 5.92 Å². The van der Waals surface area contributed by atoms with Gasteiger partial charge in [-0.15, -0.1) is 0 Å². The van der Waals surface area contributed by atoms with E-state index in [9.17, 15) is 0 Å². The van der Waals surface area contributed by atoms with E-state index in [2.05, 4.69) is 46.1 Å². The molecule has 0 amide bonds. The Morgan fingerprint density at radius 3 is 2.80 bits per heavy atom. The number of nitrogens with two attached hydrogens (primary N) is 1. The van der Waals surface area contributed by atoms with E-state index in [4.69, 9.17) is 5.73 Å². The van der Waals surface area contributed by atoms with Gasteiger partial charge >= 0.3 is 0 Å². The van der Waals surface area contributed by atoms with E-state index in [0.717, 1.165) is 16.9 Å².